The number of hydrogen-bond acceptors (Lipinski definition) is 1. The highest BCUT2D eigenvalue weighted by molar-refractivity contribution is 6.39. The van der Waals surface area contributed by atoms with Crippen molar-refractivity contribution in [2.45, 2.75) is 13.8 Å². The van der Waals surface area contributed by atoms with Crippen molar-refractivity contribution in [3.8, 4) is 0 Å². The Bertz CT molecular complexity index is 3310. The first-order chi connectivity index (χ1) is 25.7. The van der Waals surface area contributed by atoms with Gasteiger partial charge >= 0.3 is 0 Å². The van der Waals surface area contributed by atoms with E-state index in [2.05, 4.69) is 187 Å². The third kappa shape index (κ3) is 3.93. The summed E-state index contributed by atoms with van der Waals surface area (Å²) < 4.78 is 4.88. The van der Waals surface area contributed by atoms with Crippen molar-refractivity contribution in [1.82, 2.24) is 8.97 Å². The average Bonchev–Trinajstić information content (AvgIpc) is 3.83. The van der Waals surface area contributed by atoms with Crippen LogP contribution >= 0.6 is 0 Å². The molecule has 3 aromatic heterocycles. The van der Waals surface area contributed by atoms with Gasteiger partial charge in [-0.3, -0.25) is 4.57 Å². The standard InChI is InChI=1S/C49H33N3/c1-3-35(34-25-24-31-14-4-5-16-33(31)28-34)37-18-8-11-21-41(37)50-30(2)51-44-27-26-32-15-6-7-17-36(32)46(44)48-45(51)29-40-38-19-9-12-22-42(38)52-43-23-13-10-20-39(43)47(48)49(40)52/h3-29H,1-2H3/b35-3-,50-30+. The summed E-state index contributed by atoms with van der Waals surface area (Å²) in [4.78, 5) is 5.51. The average molecular weight is 664 g/mol. The number of rotatable bonds is 3. The molecule has 0 aliphatic heterocycles. The molecule has 0 aliphatic carbocycles. The van der Waals surface area contributed by atoms with Crippen molar-refractivity contribution in [1.29, 1.82) is 0 Å². The molecule has 0 fully saturated rings. The summed E-state index contributed by atoms with van der Waals surface area (Å²) in [5.41, 5.74) is 10.5. The molecule has 0 saturated carbocycles. The van der Waals surface area contributed by atoms with E-state index in [-0.39, 0.29) is 0 Å². The van der Waals surface area contributed by atoms with Crippen LogP contribution in [-0.2, 0) is 0 Å². The molecule has 8 aromatic carbocycles. The molecule has 11 rings (SSSR count). The molecule has 3 nitrogen and oxygen atoms in total. The summed E-state index contributed by atoms with van der Waals surface area (Å²) in [5, 5.41) is 12.6. The molecule has 0 unspecified atom stereocenters. The Morgan fingerprint density at radius 3 is 1.98 bits per heavy atom. The number of aliphatic imine (C=N–C) groups is 1. The normalized spacial score (nSPS) is 13.0. The van der Waals surface area contributed by atoms with Crippen LogP contribution in [0.2, 0.25) is 0 Å². The van der Waals surface area contributed by atoms with Gasteiger partial charge in [0.25, 0.3) is 0 Å². The third-order valence-electron chi connectivity index (χ3n) is 11.1. The maximum absolute atomic E-state index is 5.51. The minimum absolute atomic E-state index is 0.929. The molecule has 3 heterocycles. The molecule has 0 atom stereocenters. The van der Waals surface area contributed by atoms with Crippen LogP contribution in [0.5, 0.6) is 0 Å². The van der Waals surface area contributed by atoms with Crippen molar-refractivity contribution in [3.05, 3.63) is 175 Å². The summed E-state index contributed by atoms with van der Waals surface area (Å²) in [6, 6.07) is 57.3. The predicted octanol–water partition coefficient (Wildman–Crippen LogP) is 13.3. The Labute approximate surface area is 300 Å². The first-order valence-corrected chi connectivity index (χ1v) is 18.0. The van der Waals surface area contributed by atoms with Gasteiger partial charge in [-0.25, -0.2) is 4.99 Å². The molecule has 3 heteroatoms. The maximum atomic E-state index is 5.51. The number of allylic oxidation sites excluding steroid dienone is 1. The number of para-hydroxylation sites is 3. The van der Waals surface area contributed by atoms with Gasteiger partial charge in [0, 0.05) is 37.9 Å². The molecule has 0 saturated heterocycles. The van der Waals surface area contributed by atoms with E-state index in [4.69, 9.17) is 4.99 Å². The SMILES string of the molecule is C/C=C(/c1ccc2ccccc2c1)c1ccccc1/N=C(\C)n1c2ccc3ccccc3c2c2c3c4ccccc4n4c5ccccc5c(cc21)c34. The zero-order chi connectivity index (χ0) is 34.5. The molecule has 0 aliphatic rings. The van der Waals surface area contributed by atoms with Crippen LogP contribution in [0.3, 0.4) is 0 Å². The van der Waals surface area contributed by atoms with Crippen molar-refractivity contribution in [3.63, 3.8) is 0 Å². The van der Waals surface area contributed by atoms with Gasteiger partial charge in [-0.1, -0.05) is 127 Å². The smallest absolute Gasteiger partial charge is 0.111 e. The van der Waals surface area contributed by atoms with Crippen molar-refractivity contribution >= 4 is 98.5 Å². The van der Waals surface area contributed by atoms with Gasteiger partial charge in [-0.15, -0.1) is 0 Å². The molecule has 0 spiro atoms. The summed E-state index contributed by atoms with van der Waals surface area (Å²) in [6.45, 7) is 4.29. The monoisotopic (exact) mass is 663 g/mol. The van der Waals surface area contributed by atoms with E-state index in [0.717, 1.165) is 22.6 Å². The number of benzene rings is 8. The maximum Gasteiger partial charge on any atom is 0.111 e. The van der Waals surface area contributed by atoms with Crippen molar-refractivity contribution in [2.24, 2.45) is 4.99 Å². The summed E-state index contributed by atoms with van der Waals surface area (Å²) in [5.74, 6) is 0.929. The fourth-order valence-corrected chi connectivity index (χ4v) is 8.98. The topological polar surface area (TPSA) is 21.7 Å². The molecule has 0 radical (unpaired) electrons. The second-order valence-corrected chi connectivity index (χ2v) is 13.9. The summed E-state index contributed by atoms with van der Waals surface area (Å²) in [7, 11) is 0. The lowest BCUT2D eigenvalue weighted by Gasteiger charge is -2.14. The van der Waals surface area contributed by atoms with Crippen LogP contribution in [0.15, 0.2) is 169 Å². The van der Waals surface area contributed by atoms with Gasteiger partial charge in [-0.05, 0) is 82.9 Å². The van der Waals surface area contributed by atoms with Crippen LogP contribution in [0.4, 0.5) is 5.69 Å². The van der Waals surface area contributed by atoms with Crippen LogP contribution in [-0.4, -0.2) is 14.8 Å². The quantitative estimate of drug-likeness (QED) is 0.133. The third-order valence-corrected chi connectivity index (χ3v) is 11.1. The van der Waals surface area contributed by atoms with Gasteiger partial charge < -0.3 is 4.40 Å². The Hall–Kier alpha value is -6.71. The van der Waals surface area contributed by atoms with Crippen molar-refractivity contribution in [2.75, 3.05) is 0 Å². The first-order valence-electron chi connectivity index (χ1n) is 18.0. The van der Waals surface area contributed by atoms with Gasteiger partial charge in [0.05, 0.1) is 33.3 Å². The number of hydrogen-bond donors (Lipinski definition) is 0. The Morgan fingerprint density at radius 1 is 0.500 bits per heavy atom. The second kappa shape index (κ2) is 10.9. The highest BCUT2D eigenvalue weighted by Crippen LogP contribution is 2.47. The molecule has 52 heavy (non-hydrogen) atoms. The molecule has 0 amide bonds. The van der Waals surface area contributed by atoms with Gasteiger partial charge in [0.15, 0.2) is 0 Å². The largest absolute Gasteiger partial charge is 0.308 e. The molecule has 0 N–H and O–H groups in total. The highest BCUT2D eigenvalue weighted by Gasteiger charge is 2.25. The van der Waals surface area contributed by atoms with Crippen LogP contribution in [0, 0.1) is 0 Å². The highest BCUT2D eigenvalue weighted by atomic mass is 15.1. The zero-order valence-corrected chi connectivity index (χ0v) is 28.9. The molecular weight excluding hydrogens is 631 g/mol. The van der Waals surface area contributed by atoms with Crippen LogP contribution in [0.25, 0.3) is 87.0 Å². The van der Waals surface area contributed by atoms with Gasteiger partial charge in [0.1, 0.15) is 5.84 Å². The number of nitrogens with zero attached hydrogens (tertiary/aromatic N) is 3. The predicted molar refractivity (Wildman–Crippen MR) is 223 cm³/mol. The molecule has 0 bridgehead atoms. The van der Waals surface area contributed by atoms with E-state index in [1.54, 1.807) is 0 Å². The van der Waals surface area contributed by atoms with Crippen LogP contribution < -0.4 is 0 Å². The second-order valence-electron chi connectivity index (χ2n) is 13.9. The van der Waals surface area contributed by atoms with Gasteiger partial charge in [-0.2, -0.15) is 0 Å². The Morgan fingerprint density at radius 2 is 1.15 bits per heavy atom. The zero-order valence-electron chi connectivity index (χ0n) is 28.9. The lowest BCUT2D eigenvalue weighted by molar-refractivity contribution is 1.24. The Kier molecular flexibility index (Phi) is 6.09. The van der Waals surface area contributed by atoms with Crippen molar-refractivity contribution < 1.29 is 0 Å². The van der Waals surface area contributed by atoms with E-state index in [0.29, 0.717) is 0 Å². The molecule has 11 aromatic rings. The van der Waals surface area contributed by atoms with E-state index in [9.17, 15) is 0 Å². The van der Waals surface area contributed by atoms with Gasteiger partial charge in [0.2, 0.25) is 0 Å². The minimum atomic E-state index is 0.929. The minimum Gasteiger partial charge on any atom is -0.308 e. The summed E-state index contributed by atoms with van der Waals surface area (Å²) >= 11 is 0. The summed E-state index contributed by atoms with van der Waals surface area (Å²) in [6.07, 6.45) is 2.21. The fourth-order valence-electron chi connectivity index (χ4n) is 8.98. The van der Waals surface area contributed by atoms with E-state index >= 15 is 0 Å². The number of aromatic nitrogens is 2. The van der Waals surface area contributed by atoms with Crippen LogP contribution in [0.1, 0.15) is 25.0 Å². The Balaban J connectivity index is 1.24. The molecule has 244 valence electrons. The number of fused-ring (bicyclic) bond motifs is 13. The van der Waals surface area contributed by atoms with E-state index in [1.807, 2.05) is 0 Å². The lowest BCUT2D eigenvalue weighted by Crippen LogP contribution is -2.07. The van der Waals surface area contributed by atoms with E-state index in [1.165, 1.54) is 87.1 Å². The fraction of sp³-hybridized carbons (Fsp3) is 0.0408. The van der Waals surface area contributed by atoms with E-state index < -0.39 is 0 Å². The first kappa shape index (κ1) is 29.1. The lowest BCUT2D eigenvalue weighted by atomic mass is 9.94. The molecular formula is C49H33N3.